The maximum atomic E-state index is 12.5. The number of hydrogen-bond acceptors (Lipinski definition) is 5. The first-order valence-corrected chi connectivity index (χ1v) is 33.6. The summed E-state index contributed by atoms with van der Waals surface area (Å²) in [5.74, 6) is -0.0629. The van der Waals surface area contributed by atoms with Gasteiger partial charge in [0.1, 0.15) is 0 Å². The Morgan fingerprint density at radius 3 is 0.959 bits per heavy atom. The third-order valence-electron chi connectivity index (χ3n) is 15.7. The molecule has 0 aromatic carbocycles. The van der Waals surface area contributed by atoms with Gasteiger partial charge in [-0.1, -0.05) is 327 Å². The average Bonchev–Trinajstić information content (AvgIpc) is 3.40. The molecule has 0 aliphatic heterocycles. The second-order valence-corrected chi connectivity index (χ2v) is 23.2. The summed E-state index contributed by atoms with van der Waals surface area (Å²) in [6, 6.07) is -0.635. The average molecular weight is 1040 g/mol. The number of hydrogen-bond donors (Lipinski definition) is 3. The number of esters is 1. The molecule has 0 aliphatic carbocycles. The number of carbonyl (C=O) groups excluding carboxylic acids is 2. The van der Waals surface area contributed by atoms with Crippen molar-refractivity contribution in [3.8, 4) is 0 Å². The van der Waals surface area contributed by atoms with Gasteiger partial charge in [-0.3, -0.25) is 9.59 Å². The van der Waals surface area contributed by atoms with Gasteiger partial charge in [0.15, 0.2) is 0 Å². The summed E-state index contributed by atoms with van der Waals surface area (Å²) in [5, 5.41) is 23.2. The molecule has 6 heteroatoms. The molecule has 0 saturated carbocycles. The predicted molar refractivity (Wildman–Crippen MR) is 324 cm³/mol. The Morgan fingerprint density at radius 1 is 0.365 bits per heavy atom. The van der Waals surface area contributed by atoms with Crippen LogP contribution in [0.4, 0.5) is 0 Å². The molecular weight excluding hydrogens is 911 g/mol. The second-order valence-electron chi connectivity index (χ2n) is 23.2. The molecular formula is C68H131NO5. The molecule has 1 amide bonds. The normalized spacial score (nSPS) is 12.6. The molecule has 0 saturated heterocycles. The van der Waals surface area contributed by atoms with E-state index in [1.165, 1.54) is 302 Å². The second kappa shape index (κ2) is 63.9. The van der Waals surface area contributed by atoms with Gasteiger partial charge in [0.2, 0.25) is 5.91 Å². The molecule has 0 heterocycles. The Hall–Kier alpha value is -1.66. The van der Waals surface area contributed by atoms with Crippen molar-refractivity contribution in [1.82, 2.24) is 5.32 Å². The standard InChI is InChI=1S/C68H131NO5/c1-3-5-7-9-11-13-15-17-19-21-22-25-29-32-36-40-44-48-52-56-60-66(71)65(64-70)69-67(72)61-57-53-49-45-41-37-33-30-26-23-24-27-31-35-39-43-47-51-55-59-63-74-68(73)62-58-54-50-46-42-38-34-28-20-18-16-14-12-10-8-6-4-2/h23,26,56,60,65-66,70-71H,3-22,24-25,27-55,57-59,61-64H2,1-2H3,(H,69,72)/b26-23-,60-56+. The topological polar surface area (TPSA) is 95.9 Å². The van der Waals surface area contributed by atoms with Crippen LogP contribution in [0.25, 0.3) is 0 Å². The minimum Gasteiger partial charge on any atom is -0.466 e. The first-order valence-electron chi connectivity index (χ1n) is 33.6. The van der Waals surface area contributed by atoms with E-state index < -0.39 is 12.1 Å². The lowest BCUT2D eigenvalue weighted by Crippen LogP contribution is -2.45. The summed E-state index contributed by atoms with van der Waals surface area (Å²) in [7, 11) is 0. The molecule has 74 heavy (non-hydrogen) atoms. The zero-order chi connectivity index (χ0) is 53.6. The Bertz CT molecular complexity index is 1150. The maximum Gasteiger partial charge on any atom is 0.305 e. The van der Waals surface area contributed by atoms with Crippen LogP contribution in [0.5, 0.6) is 0 Å². The van der Waals surface area contributed by atoms with Gasteiger partial charge >= 0.3 is 5.97 Å². The van der Waals surface area contributed by atoms with Crippen molar-refractivity contribution in [2.24, 2.45) is 0 Å². The molecule has 0 rings (SSSR count). The van der Waals surface area contributed by atoms with Crippen LogP contribution in [0.1, 0.15) is 373 Å². The number of aliphatic hydroxyl groups is 2. The van der Waals surface area contributed by atoms with E-state index in [0.29, 0.717) is 19.4 Å². The van der Waals surface area contributed by atoms with Gasteiger partial charge in [-0.25, -0.2) is 0 Å². The summed E-state index contributed by atoms with van der Waals surface area (Å²) in [6.07, 6.45) is 79.5. The minimum atomic E-state index is -0.851. The van der Waals surface area contributed by atoms with E-state index >= 15 is 0 Å². The van der Waals surface area contributed by atoms with Crippen molar-refractivity contribution < 1.29 is 24.5 Å². The molecule has 3 N–H and O–H groups in total. The third kappa shape index (κ3) is 59.6. The minimum absolute atomic E-state index is 0.0102. The van der Waals surface area contributed by atoms with Gasteiger partial charge in [-0.15, -0.1) is 0 Å². The summed E-state index contributed by atoms with van der Waals surface area (Å²) in [4.78, 5) is 24.6. The first kappa shape index (κ1) is 72.3. The highest BCUT2D eigenvalue weighted by molar-refractivity contribution is 5.76. The molecule has 0 aromatic rings. The van der Waals surface area contributed by atoms with Crippen molar-refractivity contribution in [2.75, 3.05) is 13.2 Å². The van der Waals surface area contributed by atoms with Crippen molar-refractivity contribution in [3.05, 3.63) is 24.3 Å². The number of rotatable bonds is 63. The van der Waals surface area contributed by atoms with Crippen LogP contribution < -0.4 is 5.32 Å². The number of amides is 1. The van der Waals surface area contributed by atoms with Crippen molar-refractivity contribution >= 4 is 11.9 Å². The molecule has 2 atom stereocenters. The summed E-state index contributed by atoms with van der Waals surface area (Å²) < 4.78 is 5.50. The van der Waals surface area contributed by atoms with E-state index in [1.54, 1.807) is 6.08 Å². The van der Waals surface area contributed by atoms with Gasteiger partial charge in [-0.05, 0) is 57.8 Å². The fourth-order valence-electron chi connectivity index (χ4n) is 10.6. The van der Waals surface area contributed by atoms with Gasteiger partial charge in [0, 0.05) is 12.8 Å². The highest BCUT2D eigenvalue weighted by atomic mass is 16.5. The van der Waals surface area contributed by atoms with Crippen LogP contribution in [0.15, 0.2) is 24.3 Å². The van der Waals surface area contributed by atoms with Crippen LogP contribution in [0, 0.1) is 0 Å². The highest BCUT2D eigenvalue weighted by Gasteiger charge is 2.18. The van der Waals surface area contributed by atoms with E-state index in [0.717, 1.165) is 44.9 Å². The van der Waals surface area contributed by atoms with Crippen LogP contribution >= 0.6 is 0 Å². The molecule has 0 bridgehead atoms. The van der Waals surface area contributed by atoms with Crippen molar-refractivity contribution in [2.45, 2.75) is 386 Å². The van der Waals surface area contributed by atoms with Gasteiger partial charge in [0.25, 0.3) is 0 Å². The van der Waals surface area contributed by atoms with Gasteiger partial charge in [0.05, 0.1) is 25.4 Å². The Morgan fingerprint density at radius 2 is 0.635 bits per heavy atom. The van der Waals surface area contributed by atoms with Crippen LogP contribution in [0.3, 0.4) is 0 Å². The van der Waals surface area contributed by atoms with E-state index in [9.17, 15) is 19.8 Å². The molecule has 6 nitrogen and oxygen atoms in total. The molecule has 438 valence electrons. The molecule has 0 aliphatic rings. The largest absolute Gasteiger partial charge is 0.466 e. The van der Waals surface area contributed by atoms with Crippen LogP contribution in [-0.2, 0) is 14.3 Å². The number of unbranched alkanes of at least 4 members (excludes halogenated alkanes) is 50. The SMILES string of the molecule is CCCCCCCCCCCCCCCCCCCC/C=C/C(O)C(CO)NC(=O)CCCCCCCCC/C=C\CCCCCCCCCCCOC(=O)CCCCCCCCCCCCCCCCCCC. The fraction of sp³-hybridized carbons (Fsp3) is 0.912. The highest BCUT2D eigenvalue weighted by Crippen LogP contribution is 2.18. The lowest BCUT2D eigenvalue weighted by atomic mass is 10.0. The smallest absolute Gasteiger partial charge is 0.305 e. The summed E-state index contributed by atoms with van der Waals surface area (Å²) >= 11 is 0. The van der Waals surface area contributed by atoms with E-state index in [-0.39, 0.29) is 18.5 Å². The third-order valence-corrected chi connectivity index (χ3v) is 15.7. The Balaban J connectivity index is 3.44. The molecule has 0 aromatic heterocycles. The monoisotopic (exact) mass is 1040 g/mol. The number of aliphatic hydroxyl groups excluding tert-OH is 2. The summed E-state index contributed by atoms with van der Waals surface area (Å²) in [5.41, 5.74) is 0. The lowest BCUT2D eigenvalue weighted by molar-refractivity contribution is -0.143. The van der Waals surface area contributed by atoms with E-state index in [1.807, 2.05) is 6.08 Å². The maximum absolute atomic E-state index is 12.5. The molecule has 0 radical (unpaired) electrons. The number of nitrogens with one attached hydrogen (secondary N) is 1. The first-order chi connectivity index (χ1) is 36.5. The molecule has 0 spiro atoms. The predicted octanol–water partition coefficient (Wildman–Crippen LogP) is 21.4. The molecule has 0 fully saturated rings. The van der Waals surface area contributed by atoms with E-state index in [2.05, 4.69) is 31.3 Å². The zero-order valence-electron chi connectivity index (χ0n) is 50.1. The van der Waals surface area contributed by atoms with Gasteiger partial charge < -0.3 is 20.3 Å². The lowest BCUT2D eigenvalue weighted by Gasteiger charge is -2.20. The van der Waals surface area contributed by atoms with Crippen molar-refractivity contribution in [3.63, 3.8) is 0 Å². The Kier molecular flexibility index (Phi) is 62.4. The number of ether oxygens (including phenoxy) is 1. The van der Waals surface area contributed by atoms with Crippen LogP contribution in [-0.4, -0.2) is 47.4 Å². The quantitative estimate of drug-likeness (QED) is 0.0320. The Labute approximate surface area is 462 Å². The van der Waals surface area contributed by atoms with Gasteiger partial charge in [-0.2, -0.15) is 0 Å². The fourth-order valence-corrected chi connectivity index (χ4v) is 10.6. The number of allylic oxidation sites excluding steroid dienone is 3. The zero-order valence-corrected chi connectivity index (χ0v) is 50.1. The summed E-state index contributed by atoms with van der Waals surface area (Å²) in [6.45, 7) is 4.93. The van der Waals surface area contributed by atoms with E-state index in [4.69, 9.17) is 4.74 Å². The van der Waals surface area contributed by atoms with Crippen molar-refractivity contribution in [1.29, 1.82) is 0 Å². The number of carbonyl (C=O) groups is 2. The van der Waals surface area contributed by atoms with Crippen LogP contribution in [0.2, 0.25) is 0 Å². The molecule has 2 unspecified atom stereocenters.